The van der Waals surface area contributed by atoms with Gasteiger partial charge in [0.1, 0.15) is 5.75 Å². The fourth-order valence-electron chi connectivity index (χ4n) is 2.77. The van der Waals surface area contributed by atoms with Crippen molar-refractivity contribution in [2.45, 2.75) is 26.3 Å². The van der Waals surface area contributed by atoms with Crippen LogP contribution >= 0.6 is 0 Å². The average Bonchev–Trinajstić information content (AvgIpc) is 2.50. The number of ether oxygens (including phenoxy) is 1. The van der Waals surface area contributed by atoms with Crippen molar-refractivity contribution in [2.75, 3.05) is 11.9 Å². The second-order valence-corrected chi connectivity index (χ2v) is 5.50. The third-order valence-corrected chi connectivity index (χ3v) is 3.98. The predicted molar refractivity (Wildman–Crippen MR) is 83.3 cm³/mol. The van der Waals surface area contributed by atoms with Crippen molar-refractivity contribution in [2.24, 2.45) is 5.92 Å². The highest BCUT2D eigenvalue weighted by molar-refractivity contribution is 5.50. The monoisotopic (exact) mass is 267 g/mol. The fourth-order valence-corrected chi connectivity index (χ4v) is 2.77. The van der Waals surface area contributed by atoms with Crippen molar-refractivity contribution in [1.82, 2.24) is 0 Å². The van der Waals surface area contributed by atoms with Crippen molar-refractivity contribution in [3.63, 3.8) is 0 Å². The molecule has 0 spiro atoms. The van der Waals surface area contributed by atoms with E-state index in [-0.39, 0.29) is 0 Å². The number of hydrogen-bond acceptors (Lipinski definition) is 2. The van der Waals surface area contributed by atoms with Crippen molar-refractivity contribution < 1.29 is 4.74 Å². The minimum Gasteiger partial charge on any atom is -0.493 e. The highest BCUT2D eigenvalue weighted by atomic mass is 16.5. The molecule has 104 valence electrons. The van der Waals surface area contributed by atoms with E-state index in [0.717, 1.165) is 18.8 Å². The number of rotatable bonds is 3. The van der Waals surface area contributed by atoms with Crippen molar-refractivity contribution in [1.29, 1.82) is 0 Å². The largest absolute Gasteiger partial charge is 0.493 e. The molecule has 2 unspecified atom stereocenters. The number of benzene rings is 2. The van der Waals surface area contributed by atoms with Crippen LogP contribution in [-0.2, 0) is 6.42 Å². The first kappa shape index (κ1) is 13.0. The Morgan fingerprint density at radius 1 is 1.15 bits per heavy atom. The van der Waals surface area contributed by atoms with E-state index in [2.05, 4.69) is 61.6 Å². The maximum atomic E-state index is 5.81. The molecule has 0 bridgehead atoms. The first-order valence-electron chi connectivity index (χ1n) is 7.35. The molecule has 0 aromatic heterocycles. The Morgan fingerprint density at radius 2 is 2.00 bits per heavy atom. The molecule has 1 aliphatic rings. The smallest absolute Gasteiger partial charge is 0.124 e. The summed E-state index contributed by atoms with van der Waals surface area (Å²) < 4.78 is 5.81. The molecule has 2 nitrogen and oxygen atoms in total. The van der Waals surface area contributed by atoms with Crippen LogP contribution in [0.1, 0.15) is 31.0 Å². The average molecular weight is 267 g/mol. The van der Waals surface area contributed by atoms with Crippen LogP contribution in [0.25, 0.3) is 0 Å². The van der Waals surface area contributed by atoms with Gasteiger partial charge in [0, 0.05) is 17.2 Å². The molecule has 2 heteroatoms. The summed E-state index contributed by atoms with van der Waals surface area (Å²) in [5.41, 5.74) is 3.81. The second kappa shape index (κ2) is 5.58. The molecule has 0 saturated heterocycles. The number of nitrogens with one attached hydrogen (secondary N) is 1. The molecule has 1 N–H and O–H groups in total. The summed E-state index contributed by atoms with van der Waals surface area (Å²) in [6.07, 6.45) is 1.06. The maximum absolute atomic E-state index is 5.81. The van der Waals surface area contributed by atoms with Crippen LogP contribution in [0, 0.1) is 5.92 Å². The Kier molecular flexibility index (Phi) is 3.64. The first-order valence-corrected chi connectivity index (χ1v) is 7.35. The molecule has 3 rings (SSSR count). The van der Waals surface area contributed by atoms with E-state index in [1.54, 1.807) is 0 Å². The SMILES string of the molecule is CCc1cccc(NC2c3ccccc3OCC2C)c1. The van der Waals surface area contributed by atoms with E-state index in [4.69, 9.17) is 4.74 Å². The van der Waals surface area contributed by atoms with Gasteiger partial charge in [0.2, 0.25) is 0 Å². The number of fused-ring (bicyclic) bond motifs is 1. The zero-order chi connectivity index (χ0) is 13.9. The Bertz CT molecular complexity index is 593. The zero-order valence-electron chi connectivity index (χ0n) is 12.1. The van der Waals surface area contributed by atoms with Gasteiger partial charge in [-0.3, -0.25) is 0 Å². The quantitative estimate of drug-likeness (QED) is 0.888. The van der Waals surface area contributed by atoms with E-state index in [0.29, 0.717) is 12.0 Å². The van der Waals surface area contributed by atoms with Gasteiger partial charge in [-0.05, 0) is 30.2 Å². The Morgan fingerprint density at radius 3 is 2.85 bits per heavy atom. The van der Waals surface area contributed by atoms with Crippen LogP contribution in [0.15, 0.2) is 48.5 Å². The standard InChI is InChI=1S/C18H21NO/c1-3-14-7-6-8-15(11-14)19-18-13(2)12-20-17-10-5-4-9-16(17)18/h4-11,13,18-19H,3,12H2,1-2H3. The molecular formula is C18H21NO. The van der Waals surface area contributed by atoms with Crippen LogP contribution in [0.4, 0.5) is 5.69 Å². The van der Waals surface area contributed by atoms with Crippen LogP contribution < -0.4 is 10.1 Å². The van der Waals surface area contributed by atoms with E-state index < -0.39 is 0 Å². The molecule has 0 saturated carbocycles. The van der Waals surface area contributed by atoms with Gasteiger partial charge >= 0.3 is 0 Å². The number of anilines is 1. The van der Waals surface area contributed by atoms with Crippen molar-refractivity contribution >= 4 is 5.69 Å². The Balaban J connectivity index is 1.89. The molecule has 2 aromatic carbocycles. The fraction of sp³-hybridized carbons (Fsp3) is 0.333. The van der Waals surface area contributed by atoms with Gasteiger partial charge in [0.05, 0.1) is 12.6 Å². The molecular weight excluding hydrogens is 246 g/mol. The lowest BCUT2D eigenvalue weighted by Crippen LogP contribution is -2.28. The predicted octanol–water partition coefficient (Wildman–Crippen LogP) is 4.43. The third kappa shape index (κ3) is 2.51. The van der Waals surface area contributed by atoms with Gasteiger partial charge in [-0.1, -0.05) is 44.2 Å². The topological polar surface area (TPSA) is 21.3 Å². The van der Waals surface area contributed by atoms with Gasteiger partial charge in [0.15, 0.2) is 0 Å². The lowest BCUT2D eigenvalue weighted by molar-refractivity contribution is 0.214. The van der Waals surface area contributed by atoms with Gasteiger partial charge in [-0.15, -0.1) is 0 Å². The molecule has 0 amide bonds. The lowest BCUT2D eigenvalue weighted by Gasteiger charge is -2.32. The van der Waals surface area contributed by atoms with Crippen LogP contribution in [0.2, 0.25) is 0 Å². The zero-order valence-corrected chi connectivity index (χ0v) is 12.1. The summed E-state index contributed by atoms with van der Waals surface area (Å²) in [4.78, 5) is 0. The van der Waals surface area contributed by atoms with E-state index in [9.17, 15) is 0 Å². The molecule has 1 heterocycles. The Labute approximate surface area is 120 Å². The summed E-state index contributed by atoms with van der Waals surface area (Å²) in [5.74, 6) is 1.46. The second-order valence-electron chi connectivity index (χ2n) is 5.50. The summed E-state index contributed by atoms with van der Waals surface area (Å²) in [6, 6.07) is 17.3. The maximum Gasteiger partial charge on any atom is 0.124 e. The summed E-state index contributed by atoms with van der Waals surface area (Å²) in [6.45, 7) is 5.19. The first-order chi connectivity index (χ1) is 9.78. The van der Waals surface area contributed by atoms with E-state index in [1.807, 2.05) is 6.07 Å². The summed E-state index contributed by atoms with van der Waals surface area (Å²) in [7, 11) is 0. The third-order valence-electron chi connectivity index (χ3n) is 3.98. The van der Waals surface area contributed by atoms with Crippen LogP contribution in [0.5, 0.6) is 5.75 Å². The van der Waals surface area contributed by atoms with Crippen LogP contribution in [0.3, 0.4) is 0 Å². The van der Waals surface area contributed by atoms with E-state index in [1.165, 1.54) is 16.8 Å². The number of para-hydroxylation sites is 1. The number of hydrogen-bond donors (Lipinski definition) is 1. The summed E-state index contributed by atoms with van der Waals surface area (Å²) in [5, 5.41) is 3.68. The van der Waals surface area contributed by atoms with Gasteiger partial charge in [-0.2, -0.15) is 0 Å². The van der Waals surface area contributed by atoms with E-state index >= 15 is 0 Å². The molecule has 2 aromatic rings. The highest BCUT2D eigenvalue weighted by Gasteiger charge is 2.27. The van der Waals surface area contributed by atoms with Gasteiger partial charge in [-0.25, -0.2) is 0 Å². The van der Waals surface area contributed by atoms with Crippen molar-refractivity contribution in [3.8, 4) is 5.75 Å². The van der Waals surface area contributed by atoms with Gasteiger partial charge < -0.3 is 10.1 Å². The summed E-state index contributed by atoms with van der Waals surface area (Å²) >= 11 is 0. The minimum atomic E-state index is 0.312. The highest BCUT2D eigenvalue weighted by Crippen LogP contribution is 2.37. The lowest BCUT2D eigenvalue weighted by atomic mass is 9.91. The number of aryl methyl sites for hydroxylation is 1. The molecule has 0 aliphatic carbocycles. The van der Waals surface area contributed by atoms with Gasteiger partial charge in [0.25, 0.3) is 0 Å². The Hall–Kier alpha value is -1.96. The van der Waals surface area contributed by atoms with Crippen molar-refractivity contribution in [3.05, 3.63) is 59.7 Å². The van der Waals surface area contributed by atoms with Crippen LogP contribution in [-0.4, -0.2) is 6.61 Å². The molecule has 0 radical (unpaired) electrons. The minimum absolute atomic E-state index is 0.312. The molecule has 20 heavy (non-hydrogen) atoms. The molecule has 0 fully saturated rings. The molecule has 1 aliphatic heterocycles. The normalized spacial score (nSPS) is 20.9. The molecule has 2 atom stereocenters.